The lowest BCUT2D eigenvalue weighted by Crippen LogP contribution is -2.42. The molecule has 3 rings (SSSR count). The minimum Gasteiger partial charge on any atom is -0.477 e. The van der Waals surface area contributed by atoms with Crippen LogP contribution < -0.4 is 4.74 Å². The van der Waals surface area contributed by atoms with Crippen LogP contribution in [-0.4, -0.2) is 0 Å². The van der Waals surface area contributed by atoms with Gasteiger partial charge in [0.15, 0.2) is 5.60 Å². The second kappa shape index (κ2) is 5.88. The monoisotopic (exact) mass is 284 g/mol. The van der Waals surface area contributed by atoms with Gasteiger partial charge in [-0.15, -0.1) is 0 Å². The molecule has 1 nitrogen and oxygen atoms in total. The van der Waals surface area contributed by atoms with Gasteiger partial charge >= 0.3 is 0 Å². The Morgan fingerprint density at radius 2 is 1.81 bits per heavy atom. The zero-order valence-corrected chi connectivity index (χ0v) is 12.4. The van der Waals surface area contributed by atoms with Crippen molar-refractivity contribution >= 4 is 0 Å². The van der Waals surface area contributed by atoms with Gasteiger partial charge in [-0.05, 0) is 31.0 Å². The molecule has 1 atom stereocenters. The molecule has 0 N–H and O–H groups in total. The second-order valence-corrected chi connectivity index (χ2v) is 5.75. The molecule has 0 amide bonds. The van der Waals surface area contributed by atoms with Crippen LogP contribution in [0.5, 0.6) is 5.75 Å². The van der Waals surface area contributed by atoms with Crippen molar-refractivity contribution in [2.75, 3.05) is 0 Å². The lowest BCUT2D eigenvalue weighted by molar-refractivity contribution is 0.0421. The Labute approximate surface area is 125 Å². The van der Waals surface area contributed by atoms with E-state index in [-0.39, 0.29) is 5.82 Å². The summed E-state index contributed by atoms with van der Waals surface area (Å²) in [5.41, 5.74) is 1.66. The maximum atomic E-state index is 13.6. The second-order valence-electron chi connectivity index (χ2n) is 5.75. The summed E-state index contributed by atoms with van der Waals surface area (Å²) in [6.07, 6.45) is 5.65. The fraction of sp³-hybridized carbons (Fsp3) is 0.368. The van der Waals surface area contributed by atoms with E-state index in [9.17, 15) is 4.39 Å². The van der Waals surface area contributed by atoms with Crippen LogP contribution in [0.3, 0.4) is 0 Å². The van der Waals surface area contributed by atoms with E-state index < -0.39 is 5.60 Å². The third-order valence-electron chi connectivity index (χ3n) is 4.28. The zero-order chi connectivity index (χ0) is 14.7. The lowest BCUT2D eigenvalue weighted by Gasteiger charge is -2.45. The zero-order valence-electron chi connectivity index (χ0n) is 12.4. The summed E-state index contributed by atoms with van der Waals surface area (Å²) in [6.45, 7) is 2.21. The summed E-state index contributed by atoms with van der Waals surface area (Å²) in [7, 11) is 0. The molecule has 0 radical (unpaired) electrons. The summed E-state index contributed by atoms with van der Waals surface area (Å²) in [6, 6.07) is 15.0. The van der Waals surface area contributed by atoms with E-state index in [0.29, 0.717) is 0 Å². The standard InChI is InChI=1S/C19H21FO/c1-2-3-4-8-13-19(15-9-6-5-7-10-15)17-14-16(20)11-12-18(17)21-19/h5-7,9-12,14H,2-4,8,13H2,1H3. The Hall–Kier alpha value is -1.83. The first-order valence-corrected chi connectivity index (χ1v) is 7.81. The molecule has 110 valence electrons. The van der Waals surface area contributed by atoms with E-state index in [1.807, 2.05) is 18.2 Å². The maximum absolute atomic E-state index is 13.6. The average molecular weight is 284 g/mol. The van der Waals surface area contributed by atoms with Gasteiger partial charge in [-0.1, -0.05) is 56.5 Å². The lowest BCUT2D eigenvalue weighted by atomic mass is 9.77. The minimum absolute atomic E-state index is 0.189. The Kier molecular flexibility index (Phi) is 3.96. The molecule has 0 aromatic heterocycles. The summed E-state index contributed by atoms with van der Waals surface area (Å²) < 4.78 is 19.8. The van der Waals surface area contributed by atoms with Crippen molar-refractivity contribution in [1.82, 2.24) is 0 Å². The number of rotatable bonds is 6. The molecule has 1 unspecified atom stereocenters. The van der Waals surface area contributed by atoms with Crippen molar-refractivity contribution in [3.63, 3.8) is 0 Å². The van der Waals surface area contributed by atoms with E-state index in [1.54, 1.807) is 12.1 Å². The van der Waals surface area contributed by atoms with Crippen molar-refractivity contribution in [2.24, 2.45) is 0 Å². The molecule has 0 saturated heterocycles. The molecular formula is C19H21FO. The summed E-state index contributed by atoms with van der Waals surface area (Å²) in [5.74, 6) is 0.627. The molecule has 0 aliphatic carbocycles. The third-order valence-corrected chi connectivity index (χ3v) is 4.28. The molecule has 1 heterocycles. The van der Waals surface area contributed by atoms with Gasteiger partial charge in [0.05, 0.1) is 0 Å². The predicted octanol–water partition coefficient (Wildman–Crippen LogP) is 5.43. The fourth-order valence-electron chi connectivity index (χ4n) is 3.16. The predicted molar refractivity (Wildman–Crippen MR) is 83.0 cm³/mol. The largest absolute Gasteiger partial charge is 0.477 e. The molecule has 0 saturated carbocycles. The first-order valence-electron chi connectivity index (χ1n) is 7.81. The number of halogens is 1. The van der Waals surface area contributed by atoms with Gasteiger partial charge in [0.1, 0.15) is 11.6 Å². The van der Waals surface area contributed by atoms with Gasteiger partial charge in [-0.25, -0.2) is 4.39 Å². The number of unbranched alkanes of at least 4 members (excludes halogenated alkanes) is 3. The molecule has 0 spiro atoms. The first-order chi connectivity index (χ1) is 10.3. The minimum atomic E-state index is -0.452. The Bertz CT molecular complexity index is 608. The Morgan fingerprint density at radius 3 is 2.57 bits per heavy atom. The summed E-state index contributed by atoms with van der Waals surface area (Å²) in [5, 5.41) is 0. The molecule has 1 aliphatic rings. The van der Waals surface area contributed by atoms with E-state index in [2.05, 4.69) is 19.1 Å². The van der Waals surface area contributed by atoms with Gasteiger partial charge < -0.3 is 4.74 Å². The van der Waals surface area contributed by atoms with E-state index in [0.717, 1.165) is 29.7 Å². The fourth-order valence-corrected chi connectivity index (χ4v) is 3.16. The van der Waals surface area contributed by atoms with Crippen molar-refractivity contribution in [3.8, 4) is 5.75 Å². The van der Waals surface area contributed by atoms with Crippen molar-refractivity contribution in [2.45, 2.75) is 44.6 Å². The van der Waals surface area contributed by atoms with Crippen LogP contribution in [0.15, 0.2) is 48.5 Å². The highest BCUT2D eigenvalue weighted by atomic mass is 19.1. The van der Waals surface area contributed by atoms with Crippen molar-refractivity contribution in [1.29, 1.82) is 0 Å². The Morgan fingerprint density at radius 1 is 1.00 bits per heavy atom. The van der Waals surface area contributed by atoms with E-state index in [4.69, 9.17) is 4.74 Å². The van der Waals surface area contributed by atoms with Crippen LogP contribution >= 0.6 is 0 Å². The van der Waals surface area contributed by atoms with Gasteiger partial charge in [0, 0.05) is 11.1 Å². The molecule has 2 aromatic carbocycles. The van der Waals surface area contributed by atoms with Gasteiger partial charge in [-0.2, -0.15) is 0 Å². The average Bonchev–Trinajstić information content (AvgIpc) is 2.51. The van der Waals surface area contributed by atoms with Gasteiger partial charge in [0.2, 0.25) is 0 Å². The van der Waals surface area contributed by atoms with Crippen LogP contribution in [0.1, 0.15) is 50.2 Å². The van der Waals surface area contributed by atoms with Crippen LogP contribution in [-0.2, 0) is 5.60 Å². The molecule has 21 heavy (non-hydrogen) atoms. The topological polar surface area (TPSA) is 9.23 Å². The molecule has 0 bridgehead atoms. The van der Waals surface area contributed by atoms with Crippen LogP contribution in [0, 0.1) is 5.82 Å². The molecule has 2 aromatic rings. The number of ether oxygens (including phenoxy) is 1. The number of hydrogen-bond donors (Lipinski definition) is 0. The number of benzene rings is 2. The normalized spacial score (nSPS) is 19.5. The number of fused-ring (bicyclic) bond motifs is 1. The van der Waals surface area contributed by atoms with Gasteiger partial charge in [0.25, 0.3) is 0 Å². The van der Waals surface area contributed by atoms with E-state index >= 15 is 0 Å². The maximum Gasteiger partial charge on any atom is 0.163 e. The smallest absolute Gasteiger partial charge is 0.163 e. The van der Waals surface area contributed by atoms with E-state index in [1.165, 1.54) is 25.3 Å². The molecule has 0 fully saturated rings. The highest BCUT2D eigenvalue weighted by Crippen LogP contribution is 2.51. The van der Waals surface area contributed by atoms with Crippen LogP contribution in [0.2, 0.25) is 0 Å². The quantitative estimate of drug-likeness (QED) is 0.642. The van der Waals surface area contributed by atoms with Crippen molar-refractivity contribution < 1.29 is 9.13 Å². The highest BCUT2D eigenvalue weighted by molar-refractivity contribution is 5.52. The molecular weight excluding hydrogens is 263 g/mol. The van der Waals surface area contributed by atoms with Crippen LogP contribution in [0.25, 0.3) is 0 Å². The molecule has 2 heteroatoms. The first kappa shape index (κ1) is 14.1. The summed E-state index contributed by atoms with van der Waals surface area (Å²) in [4.78, 5) is 0. The number of hydrogen-bond acceptors (Lipinski definition) is 1. The molecule has 1 aliphatic heterocycles. The van der Waals surface area contributed by atoms with Crippen molar-refractivity contribution in [3.05, 3.63) is 65.5 Å². The highest BCUT2D eigenvalue weighted by Gasteiger charge is 2.46. The van der Waals surface area contributed by atoms with Crippen LogP contribution in [0.4, 0.5) is 4.39 Å². The SMILES string of the molecule is CCCCCCC1(c2ccccc2)Oc2ccc(F)cc21. The van der Waals surface area contributed by atoms with Gasteiger partial charge in [-0.3, -0.25) is 0 Å². The Balaban J connectivity index is 1.90. The summed E-state index contributed by atoms with van der Waals surface area (Å²) >= 11 is 0. The third kappa shape index (κ3) is 2.55.